The molecule has 29 heavy (non-hydrogen) atoms. The van der Waals surface area contributed by atoms with Crippen molar-refractivity contribution < 1.29 is 19.1 Å². The van der Waals surface area contributed by atoms with Gasteiger partial charge in [0.05, 0.1) is 12.2 Å². The van der Waals surface area contributed by atoms with Gasteiger partial charge in [0.1, 0.15) is 0 Å². The molecule has 1 unspecified atom stereocenters. The number of nitrogens with one attached hydrogen (secondary N) is 1. The lowest BCUT2D eigenvalue weighted by atomic mass is 10.1. The standard InChI is InChI=1S/C22H23ClN2O4/c1-13(15-3-5-16(23)6-4-15)25(17-7-8-17)11-22(27)24-19-10-21-20(28-12-29-21)9-18(19)14(2)26/h3-6,9-10,13,17H,7-8,11-12H2,1-2H3,(H,24,27). The number of rotatable bonds is 7. The van der Waals surface area contributed by atoms with Gasteiger partial charge in [-0.15, -0.1) is 0 Å². The van der Waals surface area contributed by atoms with Gasteiger partial charge in [0.2, 0.25) is 12.7 Å². The highest BCUT2D eigenvalue weighted by Crippen LogP contribution is 2.38. The van der Waals surface area contributed by atoms with Crippen molar-refractivity contribution in [3.63, 3.8) is 0 Å². The van der Waals surface area contributed by atoms with Crippen LogP contribution in [0.1, 0.15) is 48.7 Å². The summed E-state index contributed by atoms with van der Waals surface area (Å²) in [7, 11) is 0. The number of carbonyl (C=O) groups is 2. The Morgan fingerprint density at radius 1 is 1.17 bits per heavy atom. The maximum atomic E-state index is 12.9. The average Bonchev–Trinajstić information content (AvgIpc) is 3.43. The molecule has 0 radical (unpaired) electrons. The third kappa shape index (κ3) is 4.38. The lowest BCUT2D eigenvalue weighted by molar-refractivity contribution is -0.118. The zero-order chi connectivity index (χ0) is 20.5. The number of ketones is 1. The largest absolute Gasteiger partial charge is 0.454 e. The molecule has 2 aliphatic rings. The average molecular weight is 415 g/mol. The molecule has 0 spiro atoms. The topological polar surface area (TPSA) is 67.9 Å². The minimum atomic E-state index is -0.168. The predicted molar refractivity (Wildman–Crippen MR) is 111 cm³/mol. The summed E-state index contributed by atoms with van der Waals surface area (Å²) in [6.07, 6.45) is 2.15. The van der Waals surface area contributed by atoms with Crippen LogP contribution in [0.5, 0.6) is 11.5 Å². The van der Waals surface area contributed by atoms with Gasteiger partial charge >= 0.3 is 0 Å². The molecule has 7 heteroatoms. The molecule has 4 rings (SSSR count). The molecule has 1 aliphatic carbocycles. The van der Waals surface area contributed by atoms with Crippen LogP contribution in [0.25, 0.3) is 0 Å². The van der Waals surface area contributed by atoms with Crippen molar-refractivity contribution >= 4 is 29.0 Å². The second-order valence-electron chi connectivity index (χ2n) is 7.49. The molecule has 1 fully saturated rings. The van der Waals surface area contributed by atoms with Crippen LogP contribution in [0.15, 0.2) is 36.4 Å². The molecule has 1 amide bonds. The SMILES string of the molecule is CC(=O)c1cc2c(cc1NC(=O)CN(C1CC1)C(C)c1ccc(Cl)cc1)OCO2. The first-order chi connectivity index (χ1) is 13.9. The lowest BCUT2D eigenvalue weighted by Gasteiger charge is -2.29. The van der Waals surface area contributed by atoms with E-state index in [1.165, 1.54) is 6.92 Å². The summed E-state index contributed by atoms with van der Waals surface area (Å²) in [5, 5.41) is 3.58. The van der Waals surface area contributed by atoms with Gasteiger partial charge in [-0.3, -0.25) is 14.5 Å². The van der Waals surface area contributed by atoms with Crippen molar-refractivity contribution in [1.29, 1.82) is 0 Å². The number of ether oxygens (including phenoxy) is 2. The summed E-state index contributed by atoms with van der Waals surface area (Å²) in [4.78, 5) is 27.1. The summed E-state index contributed by atoms with van der Waals surface area (Å²) >= 11 is 6.00. The van der Waals surface area contributed by atoms with Gasteiger partial charge in [-0.1, -0.05) is 23.7 Å². The Kier molecular flexibility index (Phi) is 5.48. The monoisotopic (exact) mass is 414 g/mol. The Labute approximate surface area is 174 Å². The van der Waals surface area contributed by atoms with Crippen LogP contribution in [0, 0.1) is 0 Å². The molecule has 2 aromatic rings. The number of nitrogens with zero attached hydrogens (tertiary/aromatic N) is 1. The lowest BCUT2D eigenvalue weighted by Crippen LogP contribution is -2.37. The maximum absolute atomic E-state index is 12.9. The van der Waals surface area contributed by atoms with Crippen LogP contribution in [-0.2, 0) is 4.79 Å². The summed E-state index contributed by atoms with van der Waals surface area (Å²) < 4.78 is 10.7. The highest BCUT2D eigenvalue weighted by Gasteiger charge is 2.34. The van der Waals surface area contributed by atoms with Crippen molar-refractivity contribution in [3.05, 3.63) is 52.5 Å². The number of carbonyl (C=O) groups excluding carboxylic acids is 2. The van der Waals surface area contributed by atoms with Crippen LogP contribution < -0.4 is 14.8 Å². The summed E-state index contributed by atoms with van der Waals surface area (Å²) in [5.74, 6) is 0.731. The third-order valence-corrected chi connectivity index (χ3v) is 5.61. The number of hydrogen-bond donors (Lipinski definition) is 1. The van der Waals surface area contributed by atoms with E-state index in [0.717, 1.165) is 18.4 Å². The van der Waals surface area contributed by atoms with Gasteiger partial charge in [-0.25, -0.2) is 0 Å². The Bertz CT molecular complexity index is 941. The number of amides is 1. The zero-order valence-corrected chi connectivity index (χ0v) is 17.2. The molecule has 1 aliphatic heterocycles. The molecule has 2 aromatic carbocycles. The smallest absolute Gasteiger partial charge is 0.238 e. The number of Topliss-reactive ketones (excluding diaryl/α,β-unsaturated/α-hetero) is 1. The van der Waals surface area contributed by atoms with E-state index in [1.54, 1.807) is 12.1 Å². The third-order valence-electron chi connectivity index (χ3n) is 5.36. The second-order valence-corrected chi connectivity index (χ2v) is 7.92. The van der Waals surface area contributed by atoms with E-state index >= 15 is 0 Å². The van der Waals surface area contributed by atoms with Crippen molar-refractivity contribution in [2.75, 3.05) is 18.7 Å². The van der Waals surface area contributed by atoms with Crippen LogP contribution >= 0.6 is 11.6 Å². The molecule has 152 valence electrons. The molecular weight excluding hydrogens is 392 g/mol. The Balaban J connectivity index is 1.51. The van der Waals surface area contributed by atoms with Gasteiger partial charge in [0.15, 0.2) is 17.3 Å². The van der Waals surface area contributed by atoms with Crippen LogP contribution in [0.4, 0.5) is 5.69 Å². The molecule has 6 nitrogen and oxygen atoms in total. The van der Waals surface area contributed by atoms with Crippen molar-refractivity contribution in [2.45, 2.75) is 38.8 Å². The number of anilines is 1. The number of hydrogen-bond acceptors (Lipinski definition) is 5. The second kappa shape index (κ2) is 8.05. The van der Waals surface area contributed by atoms with E-state index in [2.05, 4.69) is 17.1 Å². The highest BCUT2D eigenvalue weighted by molar-refractivity contribution is 6.30. The van der Waals surface area contributed by atoms with E-state index in [-0.39, 0.29) is 31.1 Å². The van der Waals surface area contributed by atoms with E-state index < -0.39 is 0 Å². The quantitative estimate of drug-likeness (QED) is 0.678. The summed E-state index contributed by atoms with van der Waals surface area (Å²) in [6.45, 7) is 3.90. The molecule has 0 bridgehead atoms. The van der Waals surface area contributed by atoms with Crippen molar-refractivity contribution in [3.8, 4) is 11.5 Å². The fourth-order valence-corrected chi connectivity index (χ4v) is 3.74. The molecule has 1 N–H and O–H groups in total. The van der Waals surface area contributed by atoms with Gasteiger partial charge in [0, 0.05) is 28.7 Å². The fourth-order valence-electron chi connectivity index (χ4n) is 3.61. The van der Waals surface area contributed by atoms with Crippen molar-refractivity contribution in [1.82, 2.24) is 4.90 Å². The maximum Gasteiger partial charge on any atom is 0.238 e. The normalized spacial score (nSPS) is 16.0. The highest BCUT2D eigenvalue weighted by atomic mass is 35.5. The minimum absolute atomic E-state index is 0.0783. The van der Waals surface area contributed by atoms with Gasteiger partial charge < -0.3 is 14.8 Å². The number of halogens is 1. The van der Waals surface area contributed by atoms with Crippen LogP contribution in [0.3, 0.4) is 0 Å². The molecule has 1 saturated carbocycles. The minimum Gasteiger partial charge on any atom is -0.454 e. The first-order valence-corrected chi connectivity index (χ1v) is 10.1. The number of fused-ring (bicyclic) bond motifs is 1. The molecule has 1 heterocycles. The van der Waals surface area contributed by atoms with Crippen LogP contribution in [0.2, 0.25) is 5.02 Å². The Morgan fingerprint density at radius 2 is 1.83 bits per heavy atom. The summed E-state index contributed by atoms with van der Waals surface area (Å²) in [5.41, 5.74) is 1.97. The van der Waals surface area contributed by atoms with E-state index in [4.69, 9.17) is 21.1 Å². The molecule has 0 saturated heterocycles. The van der Waals surface area contributed by atoms with E-state index in [0.29, 0.717) is 33.8 Å². The zero-order valence-electron chi connectivity index (χ0n) is 16.4. The predicted octanol–water partition coefficient (Wildman–Crippen LogP) is 4.44. The summed E-state index contributed by atoms with van der Waals surface area (Å²) in [6, 6.07) is 11.5. The fraction of sp³-hybridized carbons (Fsp3) is 0.364. The first kappa shape index (κ1) is 19.7. The Morgan fingerprint density at radius 3 is 2.45 bits per heavy atom. The molecular formula is C22H23ClN2O4. The van der Waals surface area contributed by atoms with Gasteiger partial charge in [0.25, 0.3) is 0 Å². The Hall–Kier alpha value is -2.57. The van der Waals surface area contributed by atoms with Gasteiger partial charge in [-0.05, 0) is 50.5 Å². The van der Waals surface area contributed by atoms with Gasteiger partial charge in [-0.2, -0.15) is 0 Å². The van der Waals surface area contributed by atoms with Crippen LogP contribution in [-0.4, -0.2) is 36.0 Å². The molecule has 1 atom stereocenters. The van der Waals surface area contributed by atoms with Crippen molar-refractivity contribution in [2.24, 2.45) is 0 Å². The van der Waals surface area contributed by atoms with E-state index in [9.17, 15) is 9.59 Å². The number of benzene rings is 2. The molecule has 0 aromatic heterocycles. The van der Waals surface area contributed by atoms with E-state index in [1.807, 2.05) is 24.3 Å². The first-order valence-electron chi connectivity index (χ1n) is 9.68.